The van der Waals surface area contributed by atoms with Crippen LogP contribution in [0.25, 0.3) is 0 Å². The minimum absolute atomic E-state index is 0.0421. The molecule has 1 unspecified atom stereocenters. The highest BCUT2D eigenvalue weighted by molar-refractivity contribution is 8.00. The second-order valence-electron chi connectivity index (χ2n) is 3.98. The molecule has 0 aliphatic carbocycles. The second kappa shape index (κ2) is 5.88. The van der Waals surface area contributed by atoms with Crippen LogP contribution >= 0.6 is 11.8 Å². The Kier molecular flexibility index (Phi) is 4.77. The Morgan fingerprint density at radius 2 is 2.12 bits per heavy atom. The molecular weight excluding hydrogens is 241 g/mol. The zero-order valence-electron chi connectivity index (χ0n) is 9.74. The maximum Gasteiger partial charge on any atom is 0.247 e. The lowest BCUT2D eigenvalue weighted by atomic mass is 10.1. The zero-order valence-corrected chi connectivity index (χ0v) is 10.6. The molecule has 6 heteroatoms. The summed E-state index contributed by atoms with van der Waals surface area (Å²) < 4.78 is 13.6. The number of carbonyl (C=O) groups is 1. The van der Waals surface area contributed by atoms with E-state index in [0.717, 1.165) is 11.8 Å². The maximum absolute atomic E-state index is 13.6. The number of rotatable bonds is 4. The van der Waals surface area contributed by atoms with Gasteiger partial charge in [-0.15, -0.1) is 11.8 Å². The van der Waals surface area contributed by atoms with Crippen LogP contribution < -0.4 is 17.0 Å². The molecule has 0 aromatic heterocycles. The van der Waals surface area contributed by atoms with Crippen molar-refractivity contribution in [2.45, 2.75) is 24.0 Å². The van der Waals surface area contributed by atoms with Crippen molar-refractivity contribution in [1.29, 1.82) is 0 Å². The molecule has 0 bridgehead atoms. The molecule has 0 aliphatic rings. The number of thioether (sulfide) groups is 1. The van der Waals surface area contributed by atoms with Crippen LogP contribution in [0.4, 0.5) is 10.1 Å². The Bertz CT molecular complexity index is 412. The number of carbonyl (C=O) groups excluding carboxylic acids is 1. The fraction of sp³-hybridized carbons (Fsp3) is 0.364. The van der Waals surface area contributed by atoms with Crippen LogP contribution in [-0.4, -0.2) is 11.2 Å². The molecule has 1 aromatic rings. The molecule has 0 heterocycles. The molecule has 17 heavy (non-hydrogen) atoms. The minimum Gasteiger partial charge on any atom is -0.399 e. The van der Waals surface area contributed by atoms with Gasteiger partial charge in [-0.2, -0.15) is 0 Å². The van der Waals surface area contributed by atoms with E-state index in [0.29, 0.717) is 10.6 Å². The summed E-state index contributed by atoms with van der Waals surface area (Å²) >= 11 is 1.14. The Morgan fingerprint density at radius 3 is 2.59 bits per heavy atom. The first-order chi connectivity index (χ1) is 7.95. The molecule has 0 aliphatic heterocycles. The fourth-order valence-corrected chi connectivity index (χ4v) is 2.36. The summed E-state index contributed by atoms with van der Waals surface area (Å²) in [6.07, 6.45) is 0. The number of nitrogens with two attached hydrogens (primary N) is 2. The number of amides is 1. The number of benzene rings is 1. The van der Waals surface area contributed by atoms with Gasteiger partial charge in [-0.25, -0.2) is 10.2 Å². The topological polar surface area (TPSA) is 81.1 Å². The van der Waals surface area contributed by atoms with Gasteiger partial charge < -0.3 is 5.73 Å². The van der Waals surface area contributed by atoms with Crippen molar-refractivity contribution in [3.05, 3.63) is 24.0 Å². The summed E-state index contributed by atoms with van der Waals surface area (Å²) in [6.45, 7) is 3.75. The van der Waals surface area contributed by atoms with Gasteiger partial charge in [-0.1, -0.05) is 13.8 Å². The average molecular weight is 257 g/mol. The molecule has 0 fully saturated rings. The van der Waals surface area contributed by atoms with E-state index in [4.69, 9.17) is 11.6 Å². The maximum atomic E-state index is 13.6. The van der Waals surface area contributed by atoms with Gasteiger partial charge in [-0.3, -0.25) is 10.2 Å². The van der Waals surface area contributed by atoms with E-state index in [1.807, 2.05) is 13.8 Å². The number of hydrazine groups is 1. The van der Waals surface area contributed by atoms with Crippen molar-refractivity contribution in [2.24, 2.45) is 11.8 Å². The first-order valence-electron chi connectivity index (χ1n) is 5.18. The summed E-state index contributed by atoms with van der Waals surface area (Å²) in [7, 11) is 0. The molecule has 0 radical (unpaired) electrons. The van der Waals surface area contributed by atoms with Crippen LogP contribution in [0.1, 0.15) is 13.8 Å². The molecule has 0 saturated heterocycles. The number of anilines is 1. The van der Waals surface area contributed by atoms with E-state index in [9.17, 15) is 9.18 Å². The second-order valence-corrected chi connectivity index (χ2v) is 5.16. The van der Waals surface area contributed by atoms with Crippen molar-refractivity contribution < 1.29 is 9.18 Å². The molecule has 1 atom stereocenters. The van der Waals surface area contributed by atoms with Gasteiger partial charge in [0.1, 0.15) is 5.82 Å². The van der Waals surface area contributed by atoms with E-state index in [2.05, 4.69) is 5.43 Å². The Labute approximate surface area is 104 Å². The summed E-state index contributed by atoms with van der Waals surface area (Å²) in [4.78, 5) is 11.9. The number of hydrogen-bond donors (Lipinski definition) is 3. The van der Waals surface area contributed by atoms with Gasteiger partial charge in [0.2, 0.25) is 5.91 Å². The molecule has 0 spiro atoms. The standard InChI is InChI=1S/C11H16FN3OS/c1-6(2)10(11(16)15-14)17-9-4-3-7(13)5-8(9)12/h3-6,10H,13-14H2,1-2H3,(H,15,16). The summed E-state index contributed by atoms with van der Waals surface area (Å²) in [5, 5.41) is -0.432. The van der Waals surface area contributed by atoms with Gasteiger partial charge in [0, 0.05) is 10.6 Å². The van der Waals surface area contributed by atoms with Crippen molar-refractivity contribution in [3.8, 4) is 0 Å². The number of nitrogen functional groups attached to an aromatic ring is 1. The SMILES string of the molecule is CC(C)C(Sc1ccc(N)cc1F)C(=O)NN. The van der Waals surface area contributed by atoms with E-state index in [1.165, 1.54) is 6.07 Å². The van der Waals surface area contributed by atoms with E-state index >= 15 is 0 Å². The first-order valence-corrected chi connectivity index (χ1v) is 6.05. The van der Waals surface area contributed by atoms with Gasteiger partial charge in [0.15, 0.2) is 0 Å². The Morgan fingerprint density at radius 1 is 1.47 bits per heavy atom. The molecule has 5 N–H and O–H groups in total. The fourth-order valence-electron chi connectivity index (χ4n) is 1.32. The van der Waals surface area contributed by atoms with Crippen LogP contribution in [0, 0.1) is 11.7 Å². The first kappa shape index (κ1) is 13.8. The largest absolute Gasteiger partial charge is 0.399 e. The zero-order chi connectivity index (χ0) is 13.0. The predicted octanol–water partition coefficient (Wildman–Crippen LogP) is 1.51. The lowest BCUT2D eigenvalue weighted by Crippen LogP contribution is -2.40. The summed E-state index contributed by atoms with van der Waals surface area (Å²) in [6, 6.07) is 4.40. The lowest BCUT2D eigenvalue weighted by molar-refractivity contribution is -0.121. The highest BCUT2D eigenvalue weighted by atomic mass is 32.2. The van der Waals surface area contributed by atoms with Crippen LogP contribution in [0.2, 0.25) is 0 Å². The third-order valence-corrected chi connectivity index (χ3v) is 3.81. The molecule has 94 valence electrons. The number of hydrogen-bond acceptors (Lipinski definition) is 4. The Hall–Kier alpha value is -1.27. The van der Waals surface area contributed by atoms with Gasteiger partial charge in [0.25, 0.3) is 0 Å². The number of halogens is 1. The summed E-state index contributed by atoms with van der Waals surface area (Å²) in [5.74, 6) is 4.40. The summed E-state index contributed by atoms with van der Waals surface area (Å²) in [5.41, 5.74) is 7.90. The smallest absolute Gasteiger partial charge is 0.247 e. The predicted molar refractivity (Wildman–Crippen MR) is 67.6 cm³/mol. The van der Waals surface area contributed by atoms with Gasteiger partial charge >= 0.3 is 0 Å². The minimum atomic E-state index is -0.432. The average Bonchev–Trinajstić information content (AvgIpc) is 2.26. The van der Waals surface area contributed by atoms with Crippen molar-refractivity contribution in [3.63, 3.8) is 0 Å². The lowest BCUT2D eigenvalue weighted by Gasteiger charge is -2.18. The Balaban J connectivity index is 2.90. The molecule has 1 amide bonds. The van der Waals surface area contributed by atoms with Gasteiger partial charge in [0.05, 0.1) is 5.25 Å². The van der Waals surface area contributed by atoms with E-state index < -0.39 is 11.1 Å². The molecule has 4 nitrogen and oxygen atoms in total. The molecule has 1 aromatic carbocycles. The third-order valence-electron chi connectivity index (χ3n) is 2.22. The van der Waals surface area contributed by atoms with Crippen LogP contribution in [0.3, 0.4) is 0 Å². The molecule has 0 saturated carbocycles. The van der Waals surface area contributed by atoms with Gasteiger partial charge in [-0.05, 0) is 24.1 Å². The van der Waals surface area contributed by atoms with Crippen LogP contribution in [0.5, 0.6) is 0 Å². The van der Waals surface area contributed by atoms with E-state index in [1.54, 1.807) is 12.1 Å². The third kappa shape index (κ3) is 3.61. The highest BCUT2D eigenvalue weighted by Crippen LogP contribution is 2.31. The van der Waals surface area contributed by atoms with Crippen molar-refractivity contribution in [1.82, 2.24) is 5.43 Å². The van der Waals surface area contributed by atoms with Crippen molar-refractivity contribution in [2.75, 3.05) is 5.73 Å². The monoisotopic (exact) mass is 257 g/mol. The van der Waals surface area contributed by atoms with Crippen LogP contribution in [0.15, 0.2) is 23.1 Å². The highest BCUT2D eigenvalue weighted by Gasteiger charge is 2.23. The van der Waals surface area contributed by atoms with E-state index in [-0.39, 0.29) is 11.8 Å². The van der Waals surface area contributed by atoms with Crippen molar-refractivity contribution >= 4 is 23.4 Å². The van der Waals surface area contributed by atoms with Crippen LogP contribution in [-0.2, 0) is 4.79 Å². The molecular formula is C11H16FN3OS. The number of nitrogens with one attached hydrogen (secondary N) is 1. The quantitative estimate of drug-likeness (QED) is 0.251. The normalized spacial score (nSPS) is 12.5. The molecule has 1 rings (SSSR count).